The SMILES string of the molecule is COC(C)(C)CC(O)C1(CN)CC2CCC1C2. The molecule has 2 bridgehead atoms. The lowest BCUT2D eigenvalue weighted by molar-refractivity contribution is -0.0767. The third-order valence-electron chi connectivity index (χ3n) is 5.30. The van der Waals surface area contributed by atoms with Crippen LogP contribution in [0.25, 0.3) is 0 Å². The Labute approximate surface area is 105 Å². The molecule has 0 aromatic rings. The van der Waals surface area contributed by atoms with Crippen molar-refractivity contribution >= 4 is 0 Å². The smallest absolute Gasteiger partial charge is 0.0647 e. The molecule has 17 heavy (non-hydrogen) atoms. The van der Waals surface area contributed by atoms with Crippen molar-refractivity contribution in [3.05, 3.63) is 0 Å². The number of aliphatic hydroxyl groups excluding tert-OH is 1. The number of hydrogen-bond acceptors (Lipinski definition) is 3. The van der Waals surface area contributed by atoms with Gasteiger partial charge in [0.15, 0.2) is 0 Å². The summed E-state index contributed by atoms with van der Waals surface area (Å²) in [5.41, 5.74) is 5.73. The van der Waals surface area contributed by atoms with Crippen LogP contribution in [-0.2, 0) is 4.74 Å². The molecule has 0 aromatic heterocycles. The molecule has 3 heteroatoms. The average molecular weight is 241 g/mol. The van der Waals surface area contributed by atoms with E-state index >= 15 is 0 Å². The molecule has 2 aliphatic rings. The first-order valence-electron chi connectivity index (χ1n) is 6.87. The van der Waals surface area contributed by atoms with E-state index in [1.807, 2.05) is 13.8 Å². The van der Waals surface area contributed by atoms with E-state index in [1.165, 1.54) is 19.3 Å². The van der Waals surface area contributed by atoms with Crippen LogP contribution in [0.2, 0.25) is 0 Å². The van der Waals surface area contributed by atoms with Gasteiger partial charge in [0.1, 0.15) is 0 Å². The summed E-state index contributed by atoms with van der Waals surface area (Å²) in [5.74, 6) is 1.45. The topological polar surface area (TPSA) is 55.5 Å². The first kappa shape index (κ1) is 13.3. The van der Waals surface area contributed by atoms with Gasteiger partial charge in [-0.3, -0.25) is 0 Å². The predicted octanol–water partition coefficient (Wildman–Crippen LogP) is 1.93. The number of ether oxygens (including phenoxy) is 1. The molecule has 4 unspecified atom stereocenters. The minimum absolute atomic E-state index is 0.0291. The van der Waals surface area contributed by atoms with Crippen molar-refractivity contribution in [2.75, 3.05) is 13.7 Å². The lowest BCUT2D eigenvalue weighted by Crippen LogP contribution is -2.48. The summed E-state index contributed by atoms with van der Waals surface area (Å²) in [6.45, 7) is 4.69. The summed E-state index contributed by atoms with van der Waals surface area (Å²) >= 11 is 0. The molecular formula is C14H27NO2. The number of aliphatic hydroxyl groups is 1. The Morgan fingerprint density at radius 3 is 2.59 bits per heavy atom. The molecule has 0 saturated heterocycles. The summed E-state index contributed by atoms with van der Waals surface area (Å²) in [4.78, 5) is 0. The largest absolute Gasteiger partial charge is 0.392 e. The van der Waals surface area contributed by atoms with Gasteiger partial charge in [0.25, 0.3) is 0 Å². The Morgan fingerprint density at radius 1 is 1.47 bits per heavy atom. The maximum absolute atomic E-state index is 10.6. The molecule has 0 amide bonds. The van der Waals surface area contributed by atoms with E-state index in [-0.39, 0.29) is 17.1 Å². The van der Waals surface area contributed by atoms with E-state index in [0.29, 0.717) is 18.9 Å². The van der Waals surface area contributed by atoms with Crippen molar-refractivity contribution in [2.24, 2.45) is 23.0 Å². The molecule has 2 fully saturated rings. The summed E-state index contributed by atoms with van der Waals surface area (Å²) in [6, 6.07) is 0. The van der Waals surface area contributed by atoms with Gasteiger partial charge in [-0.1, -0.05) is 6.42 Å². The van der Waals surface area contributed by atoms with Gasteiger partial charge in [0, 0.05) is 25.5 Å². The van der Waals surface area contributed by atoms with Gasteiger partial charge < -0.3 is 15.6 Å². The van der Waals surface area contributed by atoms with Crippen LogP contribution >= 0.6 is 0 Å². The Balaban J connectivity index is 2.08. The highest BCUT2D eigenvalue weighted by atomic mass is 16.5. The molecule has 3 nitrogen and oxygen atoms in total. The summed E-state index contributed by atoms with van der Waals surface area (Å²) in [6.07, 6.45) is 5.36. The fraction of sp³-hybridized carbons (Fsp3) is 1.00. The molecular weight excluding hydrogens is 214 g/mol. The highest BCUT2D eigenvalue weighted by molar-refractivity contribution is 5.05. The van der Waals surface area contributed by atoms with Crippen molar-refractivity contribution in [3.8, 4) is 0 Å². The third-order valence-corrected chi connectivity index (χ3v) is 5.30. The summed E-state index contributed by atoms with van der Waals surface area (Å²) in [5, 5.41) is 10.6. The quantitative estimate of drug-likeness (QED) is 0.773. The standard InChI is InChI=1S/C14H27NO2/c1-13(2,17-3)8-12(16)14(9-15)7-10-4-5-11(14)6-10/h10-12,16H,4-9,15H2,1-3H3. The van der Waals surface area contributed by atoms with Crippen LogP contribution < -0.4 is 5.73 Å². The number of methoxy groups -OCH3 is 1. The van der Waals surface area contributed by atoms with Gasteiger partial charge >= 0.3 is 0 Å². The zero-order valence-corrected chi connectivity index (χ0v) is 11.4. The Hall–Kier alpha value is -0.120. The van der Waals surface area contributed by atoms with E-state index in [2.05, 4.69) is 0 Å². The third kappa shape index (κ3) is 2.25. The maximum Gasteiger partial charge on any atom is 0.0647 e. The molecule has 100 valence electrons. The van der Waals surface area contributed by atoms with Crippen molar-refractivity contribution < 1.29 is 9.84 Å². The Bertz CT molecular complexity index is 279. The first-order chi connectivity index (χ1) is 7.93. The summed E-state index contributed by atoms with van der Waals surface area (Å²) in [7, 11) is 1.71. The molecule has 0 heterocycles. The van der Waals surface area contributed by atoms with Crippen molar-refractivity contribution in [1.29, 1.82) is 0 Å². The monoisotopic (exact) mass is 241 g/mol. The number of nitrogens with two attached hydrogens (primary N) is 1. The van der Waals surface area contributed by atoms with Crippen molar-refractivity contribution in [2.45, 2.75) is 57.7 Å². The van der Waals surface area contributed by atoms with Crippen LogP contribution in [0.5, 0.6) is 0 Å². The second-order valence-corrected chi connectivity index (χ2v) is 6.70. The van der Waals surface area contributed by atoms with Crippen LogP contribution in [-0.4, -0.2) is 30.5 Å². The Kier molecular flexibility index (Phi) is 3.54. The van der Waals surface area contributed by atoms with Gasteiger partial charge in [0.2, 0.25) is 0 Å². The van der Waals surface area contributed by atoms with Crippen LogP contribution in [0.4, 0.5) is 0 Å². The normalized spacial score (nSPS) is 38.6. The number of rotatable bonds is 5. The fourth-order valence-corrected chi connectivity index (χ4v) is 4.03. The minimum atomic E-state index is -0.322. The van der Waals surface area contributed by atoms with E-state index in [9.17, 15) is 5.11 Å². The molecule has 0 spiro atoms. The Morgan fingerprint density at radius 2 is 2.18 bits per heavy atom. The lowest BCUT2D eigenvalue weighted by atomic mass is 9.67. The van der Waals surface area contributed by atoms with Crippen molar-refractivity contribution in [3.63, 3.8) is 0 Å². The van der Waals surface area contributed by atoms with Crippen LogP contribution in [0.1, 0.15) is 46.0 Å². The molecule has 2 saturated carbocycles. The molecule has 0 radical (unpaired) electrons. The summed E-state index contributed by atoms with van der Waals surface area (Å²) < 4.78 is 5.44. The lowest BCUT2D eigenvalue weighted by Gasteiger charge is -2.43. The van der Waals surface area contributed by atoms with Crippen LogP contribution in [0.3, 0.4) is 0 Å². The van der Waals surface area contributed by atoms with Gasteiger partial charge in [-0.2, -0.15) is 0 Å². The highest BCUT2D eigenvalue weighted by Gasteiger charge is 2.54. The van der Waals surface area contributed by atoms with Crippen LogP contribution in [0.15, 0.2) is 0 Å². The highest BCUT2D eigenvalue weighted by Crippen LogP contribution is 2.57. The van der Waals surface area contributed by atoms with Gasteiger partial charge in [-0.15, -0.1) is 0 Å². The zero-order valence-electron chi connectivity index (χ0n) is 11.4. The molecule has 3 N–H and O–H groups in total. The second kappa shape index (κ2) is 4.52. The van der Waals surface area contributed by atoms with Crippen molar-refractivity contribution in [1.82, 2.24) is 0 Å². The maximum atomic E-state index is 10.6. The van der Waals surface area contributed by atoms with Gasteiger partial charge in [0.05, 0.1) is 11.7 Å². The average Bonchev–Trinajstić information content (AvgIpc) is 2.88. The van der Waals surface area contributed by atoms with Crippen LogP contribution in [0, 0.1) is 17.3 Å². The molecule has 0 aliphatic heterocycles. The fourth-order valence-electron chi connectivity index (χ4n) is 4.03. The first-order valence-corrected chi connectivity index (χ1v) is 6.87. The van der Waals surface area contributed by atoms with E-state index in [1.54, 1.807) is 7.11 Å². The van der Waals surface area contributed by atoms with Gasteiger partial charge in [-0.25, -0.2) is 0 Å². The molecule has 2 aliphatic carbocycles. The zero-order chi connectivity index (χ0) is 12.7. The van der Waals surface area contributed by atoms with Gasteiger partial charge in [-0.05, 0) is 44.9 Å². The molecule has 0 aromatic carbocycles. The molecule has 2 rings (SSSR count). The predicted molar refractivity (Wildman–Crippen MR) is 68.6 cm³/mol. The van der Waals surface area contributed by atoms with E-state index in [4.69, 9.17) is 10.5 Å². The minimum Gasteiger partial charge on any atom is -0.392 e. The number of hydrogen-bond donors (Lipinski definition) is 2. The molecule has 4 atom stereocenters. The number of fused-ring (bicyclic) bond motifs is 2. The van der Waals surface area contributed by atoms with E-state index < -0.39 is 0 Å². The second-order valence-electron chi connectivity index (χ2n) is 6.70. The van der Waals surface area contributed by atoms with E-state index in [0.717, 1.165) is 12.3 Å².